The number of oxazole rings is 1. The van der Waals surface area contributed by atoms with Gasteiger partial charge in [-0.2, -0.15) is 0 Å². The van der Waals surface area contributed by atoms with E-state index in [0.29, 0.717) is 41.3 Å². The molecule has 3 aromatic rings. The Hall–Kier alpha value is -2.67. The fourth-order valence-corrected chi connectivity index (χ4v) is 3.66. The van der Waals surface area contributed by atoms with E-state index >= 15 is 0 Å². The van der Waals surface area contributed by atoms with E-state index in [-0.39, 0.29) is 11.9 Å². The molecule has 0 bridgehead atoms. The molecule has 1 fully saturated rings. The standard InChI is InChI=1S/C19H18ClN5O2/c1-11-16-22-23-17(18-21-15(10-27-18)12-2-3-12)25(16)9-8-24(11)19(26)13-4-6-14(20)7-5-13/h4-7,10-12H,2-3,8-9H2,1H3/t11-/m1/s1. The third kappa shape index (κ3) is 2.82. The second-order valence-electron chi connectivity index (χ2n) is 7.07. The monoisotopic (exact) mass is 383 g/mol. The van der Waals surface area contributed by atoms with Crippen molar-refractivity contribution < 1.29 is 9.21 Å². The minimum Gasteiger partial charge on any atom is -0.442 e. The van der Waals surface area contributed by atoms with Crippen LogP contribution in [0.4, 0.5) is 0 Å². The molecule has 1 aliphatic heterocycles. The number of aromatic nitrogens is 4. The van der Waals surface area contributed by atoms with Crippen LogP contribution in [0.25, 0.3) is 11.7 Å². The summed E-state index contributed by atoms with van der Waals surface area (Å²) in [4.78, 5) is 19.3. The molecule has 2 aromatic heterocycles. The summed E-state index contributed by atoms with van der Waals surface area (Å²) < 4.78 is 7.64. The maximum Gasteiger partial charge on any atom is 0.265 e. The SMILES string of the molecule is C[C@@H]1c2nnc(-c3nc(C4CC4)co3)n2CCN1C(=O)c1ccc(Cl)cc1. The normalized spacial score (nSPS) is 19.2. The van der Waals surface area contributed by atoms with Gasteiger partial charge >= 0.3 is 0 Å². The van der Waals surface area contributed by atoms with Gasteiger partial charge in [-0.05, 0) is 44.0 Å². The van der Waals surface area contributed by atoms with E-state index in [1.54, 1.807) is 30.5 Å². The first-order valence-corrected chi connectivity index (χ1v) is 9.45. The molecular weight excluding hydrogens is 366 g/mol. The average molecular weight is 384 g/mol. The highest BCUT2D eigenvalue weighted by Gasteiger charge is 2.34. The van der Waals surface area contributed by atoms with Gasteiger partial charge in [-0.3, -0.25) is 4.79 Å². The second kappa shape index (κ2) is 6.20. The molecule has 0 N–H and O–H groups in total. The van der Waals surface area contributed by atoms with Crippen molar-refractivity contribution in [3.8, 4) is 11.7 Å². The Morgan fingerprint density at radius 1 is 1.19 bits per heavy atom. The van der Waals surface area contributed by atoms with E-state index < -0.39 is 0 Å². The summed E-state index contributed by atoms with van der Waals surface area (Å²) in [5, 5.41) is 9.22. The van der Waals surface area contributed by atoms with Gasteiger partial charge in [0.15, 0.2) is 5.82 Å². The molecule has 1 aliphatic carbocycles. The first-order chi connectivity index (χ1) is 13.1. The van der Waals surface area contributed by atoms with Gasteiger partial charge in [0.05, 0.1) is 11.7 Å². The van der Waals surface area contributed by atoms with E-state index in [4.69, 9.17) is 16.0 Å². The summed E-state index contributed by atoms with van der Waals surface area (Å²) >= 11 is 5.92. The van der Waals surface area contributed by atoms with E-state index in [0.717, 1.165) is 11.5 Å². The highest BCUT2D eigenvalue weighted by Crippen LogP contribution is 2.40. The molecule has 0 radical (unpaired) electrons. The molecule has 0 unspecified atom stereocenters. The summed E-state index contributed by atoms with van der Waals surface area (Å²) in [5.41, 5.74) is 1.60. The van der Waals surface area contributed by atoms with Gasteiger partial charge in [-0.1, -0.05) is 11.6 Å². The zero-order valence-electron chi connectivity index (χ0n) is 14.8. The highest BCUT2D eigenvalue weighted by molar-refractivity contribution is 6.30. The fourth-order valence-electron chi connectivity index (χ4n) is 3.53. The summed E-state index contributed by atoms with van der Waals surface area (Å²) in [7, 11) is 0. The number of carbonyl (C=O) groups excluding carboxylic acids is 1. The van der Waals surface area contributed by atoms with Crippen molar-refractivity contribution in [2.75, 3.05) is 6.54 Å². The first-order valence-electron chi connectivity index (χ1n) is 9.07. The maximum absolute atomic E-state index is 12.9. The van der Waals surface area contributed by atoms with Gasteiger partial charge in [-0.25, -0.2) is 4.98 Å². The Morgan fingerprint density at radius 3 is 2.70 bits per heavy atom. The van der Waals surface area contributed by atoms with Crippen LogP contribution >= 0.6 is 11.6 Å². The molecule has 138 valence electrons. The lowest BCUT2D eigenvalue weighted by Crippen LogP contribution is -2.41. The topological polar surface area (TPSA) is 77.1 Å². The van der Waals surface area contributed by atoms with Crippen LogP contribution in [0.1, 0.15) is 53.6 Å². The van der Waals surface area contributed by atoms with Crippen molar-refractivity contribution >= 4 is 17.5 Å². The number of amides is 1. The molecule has 5 rings (SSSR count). The fraction of sp³-hybridized carbons (Fsp3) is 0.368. The molecule has 0 saturated heterocycles. The number of benzene rings is 1. The lowest BCUT2D eigenvalue weighted by atomic mass is 10.1. The third-order valence-electron chi connectivity index (χ3n) is 5.25. The number of rotatable bonds is 3. The van der Waals surface area contributed by atoms with Crippen LogP contribution < -0.4 is 0 Å². The van der Waals surface area contributed by atoms with Crippen LogP contribution in [0.3, 0.4) is 0 Å². The second-order valence-corrected chi connectivity index (χ2v) is 7.50. The van der Waals surface area contributed by atoms with Crippen LogP contribution in [0.2, 0.25) is 5.02 Å². The smallest absolute Gasteiger partial charge is 0.265 e. The molecule has 1 aromatic carbocycles. The number of halogens is 1. The summed E-state index contributed by atoms with van der Waals surface area (Å²) in [6.45, 7) is 3.13. The molecule has 0 spiro atoms. The first kappa shape index (κ1) is 16.5. The molecule has 7 nitrogen and oxygen atoms in total. The molecular formula is C19H18ClN5O2. The van der Waals surface area contributed by atoms with Crippen molar-refractivity contribution in [2.24, 2.45) is 0 Å². The zero-order valence-corrected chi connectivity index (χ0v) is 15.6. The molecule has 1 saturated carbocycles. The van der Waals surface area contributed by atoms with Crippen LogP contribution in [0.15, 0.2) is 34.9 Å². The Bertz CT molecular complexity index is 1010. The Labute approximate surface area is 161 Å². The molecule has 8 heteroatoms. The zero-order chi connectivity index (χ0) is 18.5. The van der Waals surface area contributed by atoms with Crippen molar-refractivity contribution in [3.05, 3.63) is 52.6 Å². The lowest BCUT2D eigenvalue weighted by Gasteiger charge is -2.33. The van der Waals surface area contributed by atoms with Crippen molar-refractivity contribution in [1.29, 1.82) is 0 Å². The predicted molar refractivity (Wildman–Crippen MR) is 98.4 cm³/mol. The average Bonchev–Trinajstić information content (AvgIpc) is 3.24. The van der Waals surface area contributed by atoms with E-state index in [2.05, 4.69) is 15.2 Å². The van der Waals surface area contributed by atoms with Crippen LogP contribution in [-0.2, 0) is 6.54 Å². The van der Waals surface area contributed by atoms with Gasteiger partial charge in [0.2, 0.25) is 5.82 Å². The quantitative estimate of drug-likeness (QED) is 0.689. The van der Waals surface area contributed by atoms with Gasteiger partial charge in [0.25, 0.3) is 11.8 Å². The van der Waals surface area contributed by atoms with Gasteiger partial charge in [0, 0.05) is 29.6 Å². The number of hydrogen-bond acceptors (Lipinski definition) is 5. The lowest BCUT2D eigenvalue weighted by molar-refractivity contribution is 0.0638. The third-order valence-corrected chi connectivity index (χ3v) is 5.50. The van der Waals surface area contributed by atoms with Gasteiger partial charge in [0.1, 0.15) is 6.26 Å². The summed E-state index contributed by atoms with van der Waals surface area (Å²) in [6, 6.07) is 6.75. The number of fused-ring (bicyclic) bond motifs is 1. The van der Waals surface area contributed by atoms with E-state index in [1.165, 1.54) is 12.8 Å². The van der Waals surface area contributed by atoms with Gasteiger partial charge < -0.3 is 13.9 Å². The molecule has 2 aliphatic rings. The van der Waals surface area contributed by atoms with Crippen LogP contribution in [0.5, 0.6) is 0 Å². The van der Waals surface area contributed by atoms with E-state index in [9.17, 15) is 4.79 Å². The molecule has 1 amide bonds. The number of carbonyl (C=O) groups is 1. The molecule has 1 atom stereocenters. The van der Waals surface area contributed by atoms with E-state index in [1.807, 2.05) is 16.4 Å². The maximum atomic E-state index is 12.9. The minimum atomic E-state index is -0.193. The van der Waals surface area contributed by atoms with Crippen molar-refractivity contribution in [3.63, 3.8) is 0 Å². The van der Waals surface area contributed by atoms with Crippen molar-refractivity contribution in [2.45, 2.75) is 38.3 Å². The number of nitrogens with zero attached hydrogens (tertiary/aromatic N) is 5. The molecule has 27 heavy (non-hydrogen) atoms. The Balaban J connectivity index is 1.42. The predicted octanol–water partition coefficient (Wildman–Crippen LogP) is 3.68. The summed E-state index contributed by atoms with van der Waals surface area (Å²) in [6.07, 6.45) is 4.06. The summed E-state index contributed by atoms with van der Waals surface area (Å²) in [5.74, 6) is 2.35. The number of hydrogen-bond donors (Lipinski definition) is 0. The Morgan fingerprint density at radius 2 is 1.96 bits per heavy atom. The Kier molecular flexibility index (Phi) is 3.79. The van der Waals surface area contributed by atoms with Crippen LogP contribution in [-0.4, -0.2) is 37.1 Å². The minimum absolute atomic E-state index is 0.0397. The van der Waals surface area contributed by atoms with Crippen LogP contribution in [0, 0.1) is 0 Å². The molecule has 3 heterocycles. The van der Waals surface area contributed by atoms with Crippen molar-refractivity contribution in [1.82, 2.24) is 24.6 Å². The largest absolute Gasteiger partial charge is 0.442 e. The van der Waals surface area contributed by atoms with Gasteiger partial charge in [-0.15, -0.1) is 10.2 Å². The highest BCUT2D eigenvalue weighted by atomic mass is 35.5.